The van der Waals surface area contributed by atoms with Crippen LogP contribution in [0.1, 0.15) is 23.8 Å². The smallest absolute Gasteiger partial charge is 0.354 e. The van der Waals surface area contributed by atoms with Crippen molar-refractivity contribution in [2.75, 3.05) is 12.4 Å². The molecule has 2 aromatic rings. The number of aromatic amines is 1. The second-order valence-corrected chi connectivity index (χ2v) is 6.19. The molecule has 0 spiro atoms. The van der Waals surface area contributed by atoms with Crippen LogP contribution in [0.2, 0.25) is 0 Å². The number of allylic oxidation sites excluding steroid dienone is 5. The molecule has 1 amide bonds. The van der Waals surface area contributed by atoms with Gasteiger partial charge in [0.15, 0.2) is 0 Å². The van der Waals surface area contributed by atoms with Crippen LogP contribution < -0.4 is 5.32 Å². The molecule has 0 aliphatic heterocycles. The zero-order valence-corrected chi connectivity index (χ0v) is 17.8. The Kier molecular flexibility index (Phi) is 6.78. The summed E-state index contributed by atoms with van der Waals surface area (Å²) in [6, 6.07) is 3.40. The van der Waals surface area contributed by atoms with Crippen molar-refractivity contribution in [3.63, 3.8) is 0 Å². The Morgan fingerprint density at radius 1 is 1.33 bits per heavy atom. The zero-order chi connectivity index (χ0) is 18.7. The number of esters is 1. The van der Waals surface area contributed by atoms with Crippen LogP contribution in [0.5, 0.6) is 0 Å². The zero-order valence-electron chi connectivity index (χ0n) is 15.1. The van der Waals surface area contributed by atoms with Crippen LogP contribution >= 0.6 is 0 Å². The van der Waals surface area contributed by atoms with Crippen LogP contribution in [0.25, 0.3) is 11.0 Å². The molecule has 2 N–H and O–H groups in total. The number of carbonyl (C=O) groups is 2. The van der Waals surface area contributed by atoms with Gasteiger partial charge in [0.1, 0.15) is 11.3 Å². The Bertz CT molecular complexity index is 957. The van der Waals surface area contributed by atoms with Crippen LogP contribution in [-0.2, 0) is 30.0 Å². The van der Waals surface area contributed by atoms with Gasteiger partial charge in [-0.3, -0.25) is 4.79 Å². The molecule has 0 fully saturated rings. The molecule has 7 heteroatoms. The van der Waals surface area contributed by atoms with Gasteiger partial charge in [0.05, 0.1) is 25.4 Å². The number of nitrogens with zero attached hydrogens (tertiary/aromatic N) is 1. The van der Waals surface area contributed by atoms with E-state index in [-0.39, 0.29) is 38.7 Å². The van der Waals surface area contributed by atoms with Crippen LogP contribution in [0, 0.1) is 12.8 Å². The van der Waals surface area contributed by atoms with Crippen molar-refractivity contribution in [1.82, 2.24) is 9.97 Å². The van der Waals surface area contributed by atoms with Crippen LogP contribution in [0.15, 0.2) is 53.8 Å². The maximum Gasteiger partial charge on any atom is 0.354 e. The molecule has 1 aliphatic rings. The minimum atomic E-state index is -0.465. The number of rotatable bonds is 4. The number of hydrogen-bond acceptors (Lipinski definition) is 4. The quantitative estimate of drug-likeness (QED) is 0.462. The monoisotopic (exact) mass is 537 g/mol. The number of amides is 1. The van der Waals surface area contributed by atoms with E-state index in [4.69, 9.17) is 0 Å². The number of carbonyl (C=O) groups excluding carboxylic acids is 2. The van der Waals surface area contributed by atoms with Crippen molar-refractivity contribution >= 4 is 28.6 Å². The van der Waals surface area contributed by atoms with Crippen molar-refractivity contribution in [2.24, 2.45) is 5.92 Å². The van der Waals surface area contributed by atoms with E-state index in [1.165, 1.54) is 7.11 Å². The molecule has 0 saturated heterocycles. The van der Waals surface area contributed by atoms with Gasteiger partial charge in [-0.2, -0.15) is 0 Å². The molecule has 1 unspecified atom stereocenters. The van der Waals surface area contributed by atoms with Gasteiger partial charge >= 0.3 is 5.97 Å². The number of methoxy groups -OCH3 is 1. The predicted molar refractivity (Wildman–Crippen MR) is 101 cm³/mol. The number of aromatic nitrogens is 2. The maximum atomic E-state index is 12.3. The molecule has 0 aromatic carbocycles. The Morgan fingerprint density at radius 2 is 2.11 bits per heavy atom. The number of ether oxygens (including phenoxy) is 1. The van der Waals surface area contributed by atoms with Gasteiger partial charge in [-0.15, -0.1) is 6.08 Å². The van der Waals surface area contributed by atoms with Gasteiger partial charge in [-0.1, -0.05) is 24.6 Å². The van der Waals surface area contributed by atoms with Crippen molar-refractivity contribution in [3.05, 3.63) is 66.4 Å². The van der Waals surface area contributed by atoms with Crippen molar-refractivity contribution in [3.8, 4) is 0 Å². The Balaban J connectivity index is 0.00000261. The summed E-state index contributed by atoms with van der Waals surface area (Å²) >= 11 is 0. The molecule has 1 atom stereocenters. The minimum absolute atomic E-state index is 0. The molecule has 3 rings (SSSR count). The molecule has 1 radical (unpaired) electrons. The van der Waals surface area contributed by atoms with E-state index < -0.39 is 5.97 Å². The van der Waals surface area contributed by atoms with E-state index in [2.05, 4.69) is 33.9 Å². The maximum absolute atomic E-state index is 12.3. The van der Waals surface area contributed by atoms with Crippen LogP contribution in [0.4, 0.5) is 5.69 Å². The molecule has 2 aromatic heterocycles. The number of fused-ring (bicyclic) bond motifs is 1. The van der Waals surface area contributed by atoms with E-state index in [9.17, 15) is 9.59 Å². The van der Waals surface area contributed by atoms with Crippen molar-refractivity contribution in [1.29, 1.82) is 0 Å². The molecule has 6 nitrogen and oxygen atoms in total. The topological polar surface area (TPSA) is 84.1 Å². The summed E-state index contributed by atoms with van der Waals surface area (Å²) in [7, 11) is 1.32. The summed E-state index contributed by atoms with van der Waals surface area (Å²) in [4.78, 5) is 31.0. The molecule has 141 valence electrons. The number of hydrogen-bond donors (Lipinski definition) is 2. The molecule has 27 heavy (non-hydrogen) atoms. The van der Waals surface area contributed by atoms with Gasteiger partial charge in [0, 0.05) is 25.8 Å². The van der Waals surface area contributed by atoms with E-state index in [0.717, 1.165) is 16.5 Å². The molecule has 0 bridgehead atoms. The number of pyridine rings is 1. The van der Waals surface area contributed by atoms with Gasteiger partial charge in [0.25, 0.3) is 0 Å². The fraction of sp³-hybridized carbons (Fsp3) is 0.200. The fourth-order valence-electron chi connectivity index (χ4n) is 2.63. The molecule has 1 aliphatic carbocycles. The average molecular weight is 537 g/mol. The third kappa shape index (κ3) is 4.97. The largest absolute Gasteiger partial charge is 0.464 e. The van der Waals surface area contributed by atoms with Gasteiger partial charge in [0.2, 0.25) is 5.91 Å². The Morgan fingerprint density at radius 3 is 2.85 bits per heavy atom. The summed E-state index contributed by atoms with van der Waals surface area (Å²) in [6.45, 7) is 6.05. The predicted octanol–water partition coefficient (Wildman–Crippen LogP) is 3.57. The summed E-state index contributed by atoms with van der Waals surface area (Å²) < 4.78 is 4.68. The first-order chi connectivity index (χ1) is 12.5. The van der Waals surface area contributed by atoms with Crippen LogP contribution in [-0.4, -0.2) is 29.0 Å². The van der Waals surface area contributed by atoms with E-state index >= 15 is 0 Å². The Hall–Kier alpha value is -2.62. The van der Waals surface area contributed by atoms with E-state index in [0.29, 0.717) is 17.0 Å². The van der Waals surface area contributed by atoms with Gasteiger partial charge in [-0.05, 0) is 18.1 Å². The third-order valence-corrected chi connectivity index (χ3v) is 4.22. The summed E-state index contributed by atoms with van der Waals surface area (Å²) in [5, 5.41) is 3.55. The number of nitrogens with one attached hydrogen (secondary N) is 2. The second kappa shape index (κ2) is 8.85. The van der Waals surface area contributed by atoms with Crippen molar-refractivity contribution < 1.29 is 34.7 Å². The molecule has 2 heterocycles. The molecule has 0 saturated carbocycles. The first-order valence-corrected chi connectivity index (χ1v) is 8.24. The molecular weight excluding hydrogens is 516 g/mol. The van der Waals surface area contributed by atoms with E-state index in [1.54, 1.807) is 18.3 Å². The van der Waals surface area contributed by atoms with Crippen LogP contribution in [0.3, 0.4) is 0 Å². The van der Waals surface area contributed by atoms with Gasteiger partial charge in [-0.25, -0.2) is 28.4 Å². The first-order valence-electron chi connectivity index (χ1n) is 8.24. The van der Waals surface area contributed by atoms with Gasteiger partial charge < -0.3 is 15.0 Å². The average Bonchev–Trinajstić information content (AvgIpc) is 2.99. The number of H-pyrrole nitrogens is 1. The third-order valence-electron chi connectivity index (χ3n) is 4.22. The fourth-order valence-corrected chi connectivity index (χ4v) is 2.63. The SMILES string of the molecule is [CH2-]C1=CC=C(CC(=O)Nc2cnc3[nH]c(C(=O)OC)cc3c2)C=CC1C.[Re]. The summed E-state index contributed by atoms with van der Waals surface area (Å²) in [5.41, 5.74) is 3.37. The van der Waals surface area contributed by atoms with E-state index in [1.807, 2.05) is 24.3 Å². The standard InChI is InChI=1S/C20H20N3O3.Re/c1-12-4-6-14(7-5-13(12)2)8-18(24)22-16-9-15-10-17(20(25)26-3)23-19(15)21-11-16;/h4-7,9-11,13H,1,8H2,2-3H3,(H,21,23)(H,22,24);/q-1;. The first kappa shape index (κ1) is 20.7. The molecular formula is C20H20N3O3Re-. The Labute approximate surface area is 171 Å². The van der Waals surface area contributed by atoms with Crippen molar-refractivity contribution in [2.45, 2.75) is 13.3 Å². The summed E-state index contributed by atoms with van der Waals surface area (Å²) in [5.74, 6) is -0.344. The minimum Gasteiger partial charge on any atom is -0.464 e. The number of anilines is 1. The second-order valence-electron chi connectivity index (χ2n) is 6.19. The summed E-state index contributed by atoms with van der Waals surface area (Å²) in [6.07, 6.45) is 9.64. The normalized spacial score (nSPS) is 16.0.